The molecule has 0 aliphatic rings. The van der Waals surface area contributed by atoms with Gasteiger partial charge in [-0.25, -0.2) is 4.79 Å². The van der Waals surface area contributed by atoms with Gasteiger partial charge in [0.1, 0.15) is 5.76 Å². The van der Waals surface area contributed by atoms with Crippen molar-refractivity contribution in [1.82, 2.24) is 4.98 Å². The van der Waals surface area contributed by atoms with Crippen molar-refractivity contribution in [2.24, 2.45) is 0 Å². The van der Waals surface area contributed by atoms with Gasteiger partial charge < -0.3 is 14.1 Å². The number of aromatic nitrogens is 1. The Morgan fingerprint density at radius 1 is 1.29 bits per heavy atom. The normalized spacial score (nSPS) is 11.0. The van der Waals surface area contributed by atoms with Crippen LogP contribution in [0.4, 0.5) is 0 Å². The molecule has 2 aromatic heterocycles. The van der Waals surface area contributed by atoms with Crippen molar-refractivity contribution < 1.29 is 23.5 Å². The second-order valence-electron chi connectivity index (χ2n) is 5.19. The first kappa shape index (κ1) is 17.9. The van der Waals surface area contributed by atoms with Crippen molar-refractivity contribution in [1.29, 1.82) is 0 Å². The highest BCUT2D eigenvalue weighted by molar-refractivity contribution is 9.10. The smallest absolute Gasteiger partial charge is 0.331 e. The predicted molar refractivity (Wildman–Crippen MR) is 91.0 cm³/mol. The number of furan rings is 1. The van der Waals surface area contributed by atoms with Crippen LogP contribution in [0.5, 0.6) is 0 Å². The van der Waals surface area contributed by atoms with Crippen molar-refractivity contribution in [2.45, 2.75) is 20.8 Å². The van der Waals surface area contributed by atoms with E-state index in [0.29, 0.717) is 27.3 Å². The standard InChI is InChI=1S/C17H16BrNO5/c1-9-16(11(3)20)10(2)19-17(9)13(21)8-23-15(22)7-5-12-4-6-14(18)24-12/h4-7,19H,8H2,1-3H3. The summed E-state index contributed by atoms with van der Waals surface area (Å²) in [6.07, 6.45) is 2.61. The number of carbonyl (C=O) groups is 3. The summed E-state index contributed by atoms with van der Waals surface area (Å²) in [4.78, 5) is 38.3. The number of ether oxygens (including phenoxy) is 1. The molecule has 0 amide bonds. The molecule has 0 radical (unpaired) electrons. The zero-order valence-electron chi connectivity index (χ0n) is 13.4. The Labute approximate surface area is 147 Å². The number of aryl methyl sites for hydroxylation is 1. The fourth-order valence-electron chi connectivity index (χ4n) is 2.38. The number of Topliss-reactive ketones (excluding diaryl/α,β-unsaturated/α-hetero) is 2. The molecule has 0 aliphatic carbocycles. The minimum atomic E-state index is -0.663. The lowest BCUT2D eigenvalue weighted by Crippen LogP contribution is -2.14. The molecule has 2 aromatic rings. The van der Waals surface area contributed by atoms with Crippen molar-refractivity contribution in [3.63, 3.8) is 0 Å². The zero-order valence-corrected chi connectivity index (χ0v) is 15.0. The number of hydrogen-bond donors (Lipinski definition) is 1. The second-order valence-corrected chi connectivity index (χ2v) is 5.97. The lowest BCUT2D eigenvalue weighted by molar-refractivity contribution is -0.136. The molecule has 24 heavy (non-hydrogen) atoms. The van der Waals surface area contributed by atoms with Gasteiger partial charge in [0.15, 0.2) is 17.1 Å². The molecule has 0 fully saturated rings. The van der Waals surface area contributed by atoms with Crippen LogP contribution in [-0.2, 0) is 9.53 Å². The van der Waals surface area contributed by atoms with Gasteiger partial charge in [-0.15, -0.1) is 0 Å². The summed E-state index contributed by atoms with van der Waals surface area (Å²) < 4.78 is 10.7. The van der Waals surface area contributed by atoms with Crippen LogP contribution >= 0.6 is 15.9 Å². The molecule has 2 heterocycles. The SMILES string of the molecule is CC(=O)c1c(C)[nH]c(C(=O)COC(=O)C=Cc2ccc(Br)o2)c1C. The average Bonchev–Trinajstić information content (AvgIpc) is 3.05. The molecule has 7 heteroatoms. The molecule has 0 aliphatic heterocycles. The largest absolute Gasteiger partial charge is 0.454 e. The van der Waals surface area contributed by atoms with E-state index >= 15 is 0 Å². The number of esters is 1. The first-order chi connectivity index (χ1) is 11.3. The van der Waals surface area contributed by atoms with Gasteiger partial charge in [-0.05, 0) is 60.5 Å². The van der Waals surface area contributed by atoms with E-state index in [-0.39, 0.29) is 11.5 Å². The maximum Gasteiger partial charge on any atom is 0.331 e. The summed E-state index contributed by atoms with van der Waals surface area (Å²) in [6.45, 7) is 4.43. The van der Waals surface area contributed by atoms with Crippen LogP contribution in [0.15, 0.2) is 27.3 Å². The van der Waals surface area contributed by atoms with E-state index in [1.165, 1.54) is 19.1 Å². The molecule has 6 nitrogen and oxygen atoms in total. The van der Waals surface area contributed by atoms with Crippen molar-refractivity contribution in [2.75, 3.05) is 6.61 Å². The Kier molecular flexibility index (Phi) is 5.56. The Balaban J connectivity index is 1.98. The highest BCUT2D eigenvalue weighted by atomic mass is 79.9. The van der Waals surface area contributed by atoms with E-state index in [1.54, 1.807) is 26.0 Å². The molecule has 0 atom stereocenters. The second kappa shape index (κ2) is 7.44. The third-order valence-corrected chi connectivity index (χ3v) is 3.82. The highest BCUT2D eigenvalue weighted by Crippen LogP contribution is 2.19. The molecule has 0 spiro atoms. The summed E-state index contributed by atoms with van der Waals surface area (Å²) >= 11 is 3.15. The van der Waals surface area contributed by atoms with Crippen LogP contribution in [0.1, 0.15) is 44.8 Å². The number of ketones is 2. The fraction of sp³-hybridized carbons (Fsp3) is 0.235. The van der Waals surface area contributed by atoms with Crippen molar-refractivity contribution in [3.8, 4) is 0 Å². The van der Waals surface area contributed by atoms with E-state index in [1.807, 2.05) is 0 Å². The molecule has 1 N–H and O–H groups in total. The molecule has 0 bridgehead atoms. The Morgan fingerprint density at radius 3 is 2.54 bits per heavy atom. The molecular weight excluding hydrogens is 378 g/mol. The molecule has 0 aromatic carbocycles. The number of H-pyrrole nitrogens is 1. The summed E-state index contributed by atoms with van der Waals surface area (Å²) in [6, 6.07) is 3.37. The number of rotatable bonds is 6. The minimum absolute atomic E-state index is 0.121. The number of nitrogens with one attached hydrogen (secondary N) is 1. The van der Waals surface area contributed by atoms with Crippen molar-refractivity contribution >= 4 is 39.5 Å². The minimum Gasteiger partial charge on any atom is -0.454 e. The zero-order chi connectivity index (χ0) is 17.9. The number of aromatic amines is 1. The Hall–Kier alpha value is -2.41. The van der Waals surface area contributed by atoms with E-state index in [0.717, 1.165) is 0 Å². The summed E-state index contributed by atoms with van der Waals surface area (Å²) in [7, 11) is 0. The fourth-order valence-corrected chi connectivity index (χ4v) is 2.70. The van der Waals surface area contributed by atoms with Gasteiger partial charge in [0, 0.05) is 17.3 Å². The van der Waals surface area contributed by atoms with Gasteiger partial charge in [-0.2, -0.15) is 0 Å². The monoisotopic (exact) mass is 393 g/mol. The summed E-state index contributed by atoms with van der Waals surface area (Å²) in [5.41, 5.74) is 1.97. The maximum absolute atomic E-state index is 12.2. The maximum atomic E-state index is 12.2. The van der Waals surface area contributed by atoms with Crippen LogP contribution in [0.25, 0.3) is 6.08 Å². The molecule has 0 saturated carbocycles. The van der Waals surface area contributed by atoms with Crippen LogP contribution in [0.3, 0.4) is 0 Å². The number of halogens is 1. The van der Waals surface area contributed by atoms with Crippen LogP contribution in [0, 0.1) is 13.8 Å². The van der Waals surface area contributed by atoms with E-state index in [2.05, 4.69) is 20.9 Å². The van der Waals surface area contributed by atoms with Gasteiger partial charge in [0.05, 0.1) is 5.69 Å². The van der Waals surface area contributed by atoms with Gasteiger partial charge in [0.25, 0.3) is 0 Å². The lowest BCUT2D eigenvalue weighted by atomic mass is 10.1. The number of carbonyl (C=O) groups excluding carboxylic acids is 3. The van der Waals surface area contributed by atoms with Crippen molar-refractivity contribution in [3.05, 3.63) is 51.2 Å². The molecular formula is C17H16BrNO5. The first-order valence-electron chi connectivity index (χ1n) is 7.13. The molecule has 0 saturated heterocycles. The highest BCUT2D eigenvalue weighted by Gasteiger charge is 2.20. The average molecular weight is 394 g/mol. The first-order valence-corrected chi connectivity index (χ1v) is 7.92. The van der Waals surface area contributed by atoms with Crippen LogP contribution in [-0.4, -0.2) is 29.1 Å². The third kappa shape index (κ3) is 4.11. The quantitative estimate of drug-likeness (QED) is 0.459. The van der Waals surface area contributed by atoms with Gasteiger partial charge in [-0.3, -0.25) is 9.59 Å². The predicted octanol–water partition coefficient (Wildman–Crippen LogP) is 3.63. The van der Waals surface area contributed by atoms with E-state index in [4.69, 9.17) is 9.15 Å². The summed E-state index contributed by atoms with van der Waals surface area (Å²) in [5.74, 6) is -0.703. The lowest BCUT2D eigenvalue weighted by Gasteiger charge is -2.01. The third-order valence-electron chi connectivity index (χ3n) is 3.39. The molecule has 2 rings (SSSR count). The molecule has 0 unspecified atom stereocenters. The van der Waals surface area contributed by atoms with Gasteiger partial charge in [0.2, 0.25) is 5.78 Å². The van der Waals surface area contributed by atoms with Gasteiger partial charge >= 0.3 is 5.97 Å². The number of hydrogen-bond acceptors (Lipinski definition) is 5. The Bertz CT molecular complexity index is 828. The molecule has 126 valence electrons. The topological polar surface area (TPSA) is 89.4 Å². The Morgan fingerprint density at radius 2 is 2.00 bits per heavy atom. The van der Waals surface area contributed by atoms with Crippen LogP contribution in [0.2, 0.25) is 0 Å². The van der Waals surface area contributed by atoms with Crippen LogP contribution < -0.4 is 0 Å². The summed E-state index contributed by atoms with van der Waals surface area (Å²) in [5, 5.41) is 0. The van der Waals surface area contributed by atoms with E-state index in [9.17, 15) is 14.4 Å². The van der Waals surface area contributed by atoms with Gasteiger partial charge in [-0.1, -0.05) is 0 Å². The van der Waals surface area contributed by atoms with E-state index < -0.39 is 18.4 Å².